The Bertz CT molecular complexity index is 1320. The van der Waals surface area contributed by atoms with Crippen molar-refractivity contribution in [2.45, 2.75) is 38.9 Å². The number of nitrogens with zero attached hydrogens (tertiary/aromatic N) is 4. The maximum Gasteiger partial charge on any atom is 0.250 e. The molecule has 0 aliphatic carbocycles. The van der Waals surface area contributed by atoms with Crippen LogP contribution in [0.1, 0.15) is 31.9 Å². The standard InChI is InChI=1S/C26H27N5O3/c1-17(2)31-15-20(7-8-26(31)32)23-13-27-14-24(29-23)25-11-22(30-34-25)19-5-3-18(4-6-19)12-28-21-9-10-33-16-21/h3-8,11,13-15,17,21,28H,9-10,12,16H2,1-2H3/t21-/m0/s1. The second-order valence-corrected chi connectivity index (χ2v) is 8.76. The molecule has 5 rings (SSSR count). The van der Waals surface area contributed by atoms with Crippen LogP contribution in [0.15, 0.2) is 70.4 Å². The third-order valence-corrected chi connectivity index (χ3v) is 5.96. The normalized spacial score (nSPS) is 15.8. The van der Waals surface area contributed by atoms with E-state index >= 15 is 0 Å². The molecule has 1 N–H and O–H groups in total. The predicted octanol–water partition coefficient (Wildman–Crippen LogP) is 4.09. The lowest BCUT2D eigenvalue weighted by atomic mass is 10.1. The number of aromatic nitrogens is 4. The lowest BCUT2D eigenvalue weighted by Gasteiger charge is -2.11. The van der Waals surface area contributed by atoms with E-state index in [1.807, 2.05) is 38.2 Å². The zero-order valence-corrected chi connectivity index (χ0v) is 19.3. The Morgan fingerprint density at radius 2 is 1.85 bits per heavy atom. The fourth-order valence-corrected chi connectivity index (χ4v) is 3.97. The Balaban J connectivity index is 1.33. The van der Waals surface area contributed by atoms with Crippen molar-refractivity contribution in [1.29, 1.82) is 0 Å². The van der Waals surface area contributed by atoms with Gasteiger partial charge in [0.05, 0.1) is 24.7 Å². The molecule has 1 aliphatic heterocycles. The molecule has 0 unspecified atom stereocenters. The van der Waals surface area contributed by atoms with E-state index in [4.69, 9.17) is 14.2 Å². The number of rotatable bonds is 7. The van der Waals surface area contributed by atoms with E-state index in [0.29, 0.717) is 23.2 Å². The third kappa shape index (κ3) is 4.83. The summed E-state index contributed by atoms with van der Waals surface area (Å²) in [4.78, 5) is 21.1. The molecule has 0 amide bonds. The van der Waals surface area contributed by atoms with Crippen LogP contribution in [-0.2, 0) is 11.3 Å². The molecule has 0 saturated carbocycles. The van der Waals surface area contributed by atoms with Crippen molar-refractivity contribution in [2.75, 3.05) is 13.2 Å². The van der Waals surface area contributed by atoms with Crippen LogP contribution in [0.5, 0.6) is 0 Å². The minimum Gasteiger partial charge on any atom is -0.380 e. The maximum absolute atomic E-state index is 12.1. The van der Waals surface area contributed by atoms with Gasteiger partial charge < -0.3 is 19.1 Å². The van der Waals surface area contributed by atoms with Crippen molar-refractivity contribution >= 4 is 0 Å². The van der Waals surface area contributed by atoms with Crippen LogP contribution in [0.3, 0.4) is 0 Å². The molecule has 8 nitrogen and oxygen atoms in total. The summed E-state index contributed by atoms with van der Waals surface area (Å²) in [5.74, 6) is 0.536. The molecule has 4 aromatic rings. The van der Waals surface area contributed by atoms with Crippen molar-refractivity contribution in [3.05, 3.63) is 77.0 Å². The molecular formula is C26H27N5O3. The molecular weight excluding hydrogens is 430 g/mol. The minimum atomic E-state index is -0.0444. The van der Waals surface area contributed by atoms with Crippen LogP contribution in [0.4, 0.5) is 0 Å². The molecule has 0 bridgehead atoms. The number of pyridine rings is 1. The average Bonchev–Trinajstić information content (AvgIpc) is 3.56. The molecule has 174 valence electrons. The zero-order valence-electron chi connectivity index (χ0n) is 19.3. The van der Waals surface area contributed by atoms with E-state index in [1.54, 1.807) is 29.1 Å². The molecule has 4 heterocycles. The average molecular weight is 458 g/mol. The molecule has 8 heteroatoms. The van der Waals surface area contributed by atoms with Crippen LogP contribution in [-0.4, -0.2) is 38.9 Å². The lowest BCUT2D eigenvalue weighted by Crippen LogP contribution is -2.28. The SMILES string of the molecule is CC(C)n1cc(-c2cncc(-c3cc(-c4ccc(CN[C@H]5CCOC5)cc4)no3)n2)ccc1=O. The number of ether oxygens (including phenoxy) is 1. The summed E-state index contributed by atoms with van der Waals surface area (Å²) in [5, 5.41) is 7.75. The van der Waals surface area contributed by atoms with Crippen LogP contribution < -0.4 is 10.9 Å². The minimum absolute atomic E-state index is 0.0444. The molecule has 1 fully saturated rings. The summed E-state index contributed by atoms with van der Waals surface area (Å²) < 4.78 is 12.7. The van der Waals surface area contributed by atoms with E-state index in [0.717, 1.165) is 43.0 Å². The summed E-state index contributed by atoms with van der Waals surface area (Å²) in [7, 11) is 0. The first-order valence-corrected chi connectivity index (χ1v) is 11.5. The first-order chi connectivity index (χ1) is 16.6. The lowest BCUT2D eigenvalue weighted by molar-refractivity contribution is 0.190. The first-order valence-electron chi connectivity index (χ1n) is 11.5. The van der Waals surface area contributed by atoms with Gasteiger partial charge in [0.25, 0.3) is 5.56 Å². The summed E-state index contributed by atoms with van der Waals surface area (Å²) in [6.45, 7) is 6.37. The highest BCUT2D eigenvalue weighted by Crippen LogP contribution is 2.26. The third-order valence-electron chi connectivity index (χ3n) is 5.96. The topological polar surface area (TPSA) is 95.1 Å². The van der Waals surface area contributed by atoms with Crippen LogP contribution in [0, 0.1) is 0 Å². The van der Waals surface area contributed by atoms with Crippen LogP contribution in [0.25, 0.3) is 34.0 Å². The number of hydrogen-bond donors (Lipinski definition) is 1. The second kappa shape index (κ2) is 9.70. The highest BCUT2D eigenvalue weighted by Gasteiger charge is 2.15. The van der Waals surface area contributed by atoms with Crippen LogP contribution >= 0.6 is 0 Å². The Morgan fingerprint density at radius 1 is 1.06 bits per heavy atom. The Morgan fingerprint density at radius 3 is 2.62 bits per heavy atom. The molecule has 1 saturated heterocycles. The highest BCUT2D eigenvalue weighted by atomic mass is 16.5. The smallest absolute Gasteiger partial charge is 0.250 e. The van der Waals surface area contributed by atoms with Gasteiger partial charge in [-0.2, -0.15) is 0 Å². The van der Waals surface area contributed by atoms with Gasteiger partial charge in [0, 0.05) is 54.7 Å². The second-order valence-electron chi connectivity index (χ2n) is 8.76. The molecule has 0 radical (unpaired) electrons. The quantitative estimate of drug-likeness (QED) is 0.447. The maximum atomic E-state index is 12.1. The van der Waals surface area contributed by atoms with Crippen molar-refractivity contribution in [3.63, 3.8) is 0 Å². The van der Waals surface area contributed by atoms with E-state index < -0.39 is 0 Å². The Kier molecular flexibility index (Phi) is 6.33. The monoisotopic (exact) mass is 457 g/mol. The van der Waals surface area contributed by atoms with Crippen LogP contribution in [0.2, 0.25) is 0 Å². The van der Waals surface area contributed by atoms with Gasteiger partial charge in [0.1, 0.15) is 11.4 Å². The Hall–Kier alpha value is -3.62. The van der Waals surface area contributed by atoms with Crippen molar-refractivity contribution in [3.8, 4) is 34.0 Å². The van der Waals surface area contributed by atoms with Gasteiger partial charge in [-0.3, -0.25) is 9.78 Å². The van der Waals surface area contributed by atoms with Crippen molar-refractivity contribution in [1.82, 2.24) is 25.0 Å². The molecule has 3 aromatic heterocycles. The molecule has 0 spiro atoms. The van der Waals surface area contributed by atoms with Gasteiger partial charge in [-0.25, -0.2) is 4.98 Å². The summed E-state index contributed by atoms with van der Waals surface area (Å²) in [6, 6.07) is 13.9. The molecule has 1 atom stereocenters. The number of hydrogen-bond acceptors (Lipinski definition) is 7. The van der Waals surface area contributed by atoms with Gasteiger partial charge >= 0.3 is 0 Å². The fraction of sp³-hybridized carbons (Fsp3) is 0.308. The highest BCUT2D eigenvalue weighted by molar-refractivity contribution is 5.66. The first kappa shape index (κ1) is 22.2. The summed E-state index contributed by atoms with van der Waals surface area (Å²) in [6.07, 6.45) is 6.19. The molecule has 1 aromatic carbocycles. The van der Waals surface area contributed by atoms with Crippen molar-refractivity contribution < 1.29 is 9.26 Å². The van der Waals surface area contributed by atoms with E-state index in [9.17, 15) is 4.79 Å². The van der Waals surface area contributed by atoms with E-state index in [2.05, 4.69) is 27.6 Å². The molecule has 34 heavy (non-hydrogen) atoms. The molecule has 1 aliphatic rings. The largest absolute Gasteiger partial charge is 0.380 e. The number of benzene rings is 1. The van der Waals surface area contributed by atoms with Gasteiger partial charge in [-0.15, -0.1) is 0 Å². The summed E-state index contributed by atoms with van der Waals surface area (Å²) >= 11 is 0. The Labute approximate surface area is 197 Å². The van der Waals surface area contributed by atoms with Gasteiger partial charge in [0.15, 0.2) is 5.76 Å². The predicted molar refractivity (Wildman–Crippen MR) is 129 cm³/mol. The van der Waals surface area contributed by atoms with Gasteiger partial charge in [-0.05, 0) is 31.9 Å². The van der Waals surface area contributed by atoms with E-state index in [1.165, 1.54) is 5.56 Å². The number of nitrogens with one attached hydrogen (secondary N) is 1. The summed E-state index contributed by atoms with van der Waals surface area (Å²) in [5.41, 5.74) is 4.93. The fourth-order valence-electron chi connectivity index (χ4n) is 3.97. The zero-order chi connectivity index (χ0) is 23.5. The van der Waals surface area contributed by atoms with Crippen molar-refractivity contribution in [2.24, 2.45) is 0 Å². The van der Waals surface area contributed by atoms with E-state index in [-0.39, 0.29) is 11.6 Å². The van der Waals surface area contributed by atoms with Gasteiger partial charge in [0.2, 0.25) is 0 Å². The van der Waals surface area contributed by atoms with Gasteiger partial charge in [-0.1, -0.05) is 29.4 Å².